The van der Waals surface area contributed by atoms with Gasteiger partial charge in [0.15, 0.2) is 0 Å². The van der Waals surface area contributed by atoms with E-state index < -0.39 is 0 Å². The lowest BCUT2D eigenvalue weighted by molar-refractivity contribution is 1.07. The van der Waals surface area contributed by atoms with Crippen molar-refractivity contribution in [1.82, 2.24) is 9.97 Å². The van der Waals surface area contributed by atoms with Crippen molar-refractivity contribution in [3.05, 3.63) is 33.8 Å². The number of nitrogens with zero attached hydrogens (tertiary/aromatic N) is 2. The van der Waals surface area contributed by atoms with Crippen molar-refractivity contribution >= 4 is 23.0 Å². The third-order valence-electron chi connectivity index (χ3n) is 2.82. The molecular formula is C13H18N4S. The number of aryl methyl sites for hydroxylation is 1. The van der Waals surface area contributed by atoms with E-state index in [4.69, 9.17) is 0 Å². The first kappa shape index (κ1) is 12.8. The summed E-state index contributed by atoms with van der Waals surface area (Å²) in [5.74, 6) is 1.76. The van der Waals surface area contributed by atoms with Gasteiger partial charge in [-0.2, -0.15) is 0 Å². The molecule has 0 amide bonds. The second kappa shape index (κ2) is 5.82. The summed E-state index contributed by atoms with van der Waals surface area (Å²) in [6.45, 7) is 5.00. The van der Waals surface area contributed by atoms with Gasteiger partial charge in [0.2, 0.25) is 0 Å². The monoisotopic (exact) mass is 262 g/mol. The maximum atomic E-state index is 4.27. The van der Waals surface area contributed by atoms with Gasteiger partial charge in [-0.25, -0.2) is 9.97 Å². The maximum Gasteiger partial charge on any atom is 0.134 e. The molecule has 0 saturated heterocycles. The molecule has 0 aromatic carbocycles. The third kappa shape index (κ3) is 2.79. The summed E-state index contributed by atoms with van der Waals surface area (Å²) in [4.78, 5) is 11.2. The van der Waals surface area contributed by atoms with Crippen LogP contribution in [0.15, 0.2) is 18.5 Å². The van der Waals surface area contributed by atoms with E-state index in [1.54, 1.807) is 6.33 Å². The third-order valence-corrected chi connectivity index (χ3v) is 4.05. The topological polar surface area (TPSA) is 49.8 Å². The summed E-state index contributed by atoms with van der Waals surface area (Å²) < 4.78 is 0. The van der Waals surface area contributed by atoms with Gasteiger partial charge in [0.25, 0.3) is 0 Å². The van der Waals surface area contributed by atoms with Crippen LogP contribution in [0.1, 0.15) is 22.2 Å². The summed E-state index contributed by atoms with van der Waals surface area (Å²) >= 11 is 1.85. The van der Waals surface area contributed by atoms with Gasteiger partial charge in [0, 0.05) is 22.4 Å². The minimum atomic E-state index is 0.811. The van der Waals surface area contributed by atoms with Crippen LogP contribution in [0.25, 0.3) is 0 Å². The molecule has 0 aliphatic rings. The number of anilines is 2. The summed E-state index contributed by atoms with van der Waals surface area (Å²) in [6, 6.07) is 4.36. The smallest absolute Gasteiger partial charge is 0.134 e. The van der Waals surface area contributed by atoms with Crippen LogP contribution in [-0.2, 0) is 13.0 Å². The molecular weight excluding hydrogens is 244 g/mol. The van der Waals surface area contributed by atoms with Gasteiger partial charge in [0.1, 0.15) is 18.0 Å². The van der Waals surface area contributed by atoms with E-state index in [-0.39, 0.29) is 0 Å². The lowest BCUT2D eigenvalue weighted by Crippen LogP contribution is -2.05. The Morgan fingerprint density at radius 2 is 1.89 bits per heavy atom. The van der Waals surface area contributed by atoms with E-state index in [0.717, 1.165) is 30.2 Å². The van der Waals surface area contributed by atoms with Crippen molar-refractivity contribution < 1.29 is 0 Å². The van der Waals surface area contributed by atoms with Crippen LogP contribution in [-0.4, -0.2) is 17.0 Å². The van der Waals surface area contributed by atoms with Gasteiger partial charge in [-0.3, -0.25) is 0 Å². The SMILES string of the molecule is CCc1ccc(CNc2ncnc(NC)c2C)s1. The van der Waals surface area contributed by atoms with Crippen LogP contribution in [0, 0.1) is 6.92 Å². The Morgan fingerprint density at radius 3 is 2.56 bits per heavy atom. The highest BCUT2D eigenvalue weighted by Gasteiger charge is 2.05. The minimum Gasteiger partial charge on any atom is -0.373 e. The average Bonchev–Trinajstić information content (AvgIpc) is 2.85. The number of nitrogens with one attached hydrogen (secondary N) is 2. The predicted octanol–water partition coefficient (Wildman–Crippen LogP) is 3.06. The quantitative estimate of drug-likeness (QED) is 0.869. The number of hydrogen-bond donors (Lipinski definition) is 2. The standard InChI is InChI=1S/C13H18N4S/c1-4-10-5-6-11(18-10)7-15-13-9(2)12(14-3)16-8-17-13/h5-6,8H,4,7H2,1-3H3,(H2,14,15,16,17). The highest BCUT2D eigenvalue weighted by Crippen LogP contribution is 2.21. The van der Waals surface area contributed by atoms with Crippen molar-refractivity contribution in [2.45, 2.75) is 26.8 Å². The van der Waals surface area contributed by atoms with Crippen LogP contribution < -0.4 is 10.6 Å². The van der Waals surface area contributed by atoms with E-state index in [1.807, 2.05) is 25.3 Å². The van der Waals surface area contributed by atoms with E-state index >= 15 is 0 Å². The van der Waals surface area contributed by atoms with Crippen LogP contribution in [0.3, 0.4) is 0 Å². The van der Waals surface area contributed by atoms with Crippen molar-refractivity contribution in [2.75, 3.05) is 17.7 Å². The first-order valence-corrected chi connectivity index (χ1v) is 6.87. The molecule has 2 heterocycles. The Balaban J connectivity index is 2.06. The average molecular weight is 262 g/mol. The molecule has 0 spiro atoms. The molecule has 0 aliphatic carbocycles. The molecule has 96 valence electrons. The molecule has 0 radical (unpaired) electrons. The molecule has 2 aromatic heterocycles. The molecule has 4 nitrogen and oxygen atoms in total. The fourth-order valence-corrected chi connectivity index (χ4v) is 2.66. The van der Waals surface area contributed by atoms with Crippen LogP contribution in [0.4, 0.5) is 11.6 Å². The molecule has 18 heavy (non-hydrogen) atoms. The Kier molecular flexibility index (Phi) is 4.15. The zero-order chi connectivity index (χ0) is 13.0. The van der Waals surface area contributed by atoms with E-state index in [9.17, 15) is 0 Å². The van der Waals surface area contributed by atoms with Gasteiger partial charge >= 0.3 is 0 Å². The van der Waals surface area contributed by atoms with Crippen LogP contribution in [0.5, 0.6) is 0 Å². The van der Waals surface area contributed by atoms with E-state index in [1.165, 1.54) is 9.75 Å². The Hall–Kier alpha value is -1.62. The summed E-state index contributed by atoms with van der Waals surface area (Å²) in [5, 5.41) is 6.42. The second-order valence-electron chi connectivity index (χ2n) is 4.02. The molecule has 0 aliphatic heterocycles. The minimum absolute atomic E-state index is 0.811. The molecule has 2 N–H and O–H groups in total. The molecule has 0 fully saturated rings. The summed E-state index contributed by atoms with van der Waals surface area (Å²) in [6.07, 6.45) is 2.67. The van der Waals surface area contributed by atoms with Gasteiger partial charge in [-0.1, -0.05) is 6.92 Å². The Morgan fingerprint density at radius 1 is 1.17 bits per heavy atom. The van der Waals surface area contributed by atoms with E-state index in [0.29, 0.717) is 0 Å². The molecule has 5 heteroatoms. The van der Waals surface area contributed by atoms with Crippen molar-refractivity contribution in [3.8, 4) is 0 Å². The number of aromatic nitrogens is 2. The zero-order valence-corrected chi connectivity index (χ0v) is 11.8. The van der Waals surface area contributed by atoms with Crippen molar-refractivity contribution in [2.24, 2.45) is 0 Å². The lowest BCUT2D eigenvalue weighted by atomic mass is 10.3. The van der Waals surface area contributed by atoms with Crippen LogP contribution >= 0.6 is 11.3 Å². The predicted molar refractivity (Wildman–Crippen MR) is 77.3 cm³/mol. The zero-order valence-electron chi connectivity index (χ0n) is 10.9. The number of rotatable bonds is 5. The fourth-order valence-electron chi connectivity index (χ4n) is 1.76. The highest BCUT2D eigenvalue weighted by molar-refractivity contribution is 7.12. The van der Waals surface area contributed by atoms with Crippen LogP contribution in [0.2, 0.25) is 0 Å². The van der Waals surface area contributed by atoms with Gasteiger partial charge in [0.05, 0.1) is 6.54 Å². The summed E-state index contributed by atoms with van der Waals surface area (Å²) in [5.41, 5.74) is 1.05. The molecule has 0 unspecified atom stereocenters. The maximum absolute atomic E-state index is 4.27. The number of hydrogen-bond acceptors (Lipinski definition) is 5. The molecule has 0 atom stereocenters. The summed E-state index contributed by atoms with van der Waals surface area (Å²) in [7, 11) is 1.87. The van der Waals surface area contributed by atoms with Gasteiger partial charge in [-0.15, -0.1) is 11.3 Å². The molecule has 0 saturated carbocycles. The van der Waals surface area contributed by atoms with Gasteiger partial charge < -0.3 is 10.6 Å². The molecule has 2 aromatic rings. The Bertz CT molecular complexity index is 521. The van der Waals surface area contributed by atoms with Crippen molar-refractivity contribution in [1.29, 1.82) is 0 Å². The molecule has 2 rings (SSSR count). The largest absolute Gasteiger partial charge is 0.373 e. The highest BCUT2D eigenvalue weighted by atomic mass is 32.1. The first-order chi connectivity index (χ1) is 8.74. The van der Waals surface area contributed by atoms with E-state index in [2.05, 4.69) is 39.7 Å². The first-order valence-electron chi connectivity index (χ1n) is 6.05. The lowest BCUT2D eigenvalue weighted by Gasteiger charge is -2.10. The Labute approximate surface area is 111 Å². The second-order valence-corrected chi connectivity index (χ2v) is 5.27. The molecule has 0 bridgehead atoms. The normalized spacial score (nSPS) is 10.4. The fraction of sp³-hybridized carbons (Fsp3) is 0.385. The van der Waals surface area contributed by atoms with Gasteiger partial charge in [-0.05, 0) is 25.5 Å². The number of thiophene rings is 1. The van der Waals surface area contributed by atoms with Crippen molar-refractivity contribution in [3.63, 3.8) is 0 Å².